The van der Waals surface area contributed by atoms with Gasteiger partial charge in [-0.2, -0.15) is 0 Å². The maximum absolute atomic E-state index is 12.4. The van der Waals surface area contributed by atoms with Gasteiger partial charge in [-0.3, -0.25) is 4.79 Å². The first-order valence-electron chi connectivity index (χ1n) is 7.38. The van der Waals surface area contributed by atoms with Crippen molar-refractivity contribution in [1.29, 1.82) is 0 Å². The van der Waals surface area contributed by atoms with E-state index in [1.165, 1.54) is 20.2 Å². The second-order valence-electron chi connectivity index (χ2n) is 5.33. The van der Waals surface area contributed by atoms with E-state index in [4.69, 9.17) is 4.74 Å². The van der Waals surface area contributed by atoms with Crippen LogP contribution in [0, 0.1) is 5.92 Å². The summed E-state index contributed by atoms with van der Waals surface area (Å²) in [5.41, 5.74) is 0.418. The van der Waals surface area contributed by atoms with E-state index >= 15 is 0 Å². The van der Waals surface area contributed by atoms with Crippen LogP contribution < -0.4 is 15.4 Å². The van der Waals surface area contributed by atoms with E-state index in [0.717, 1.165) is 4.31 Å². The van der Waals surface area contributed by atoms with E-state index in [1.54, 1.807) is 33.0 Å². The Labute approximate surface area is 150 Å². The monoisotopic (exact) mass is 379 g/mol. The van der Waals surface area contributed by atoms with Crippen LogP contribution in [0.25, 0.3) is 0 Å². The third kappa shape index (κ3) is 5.62. The smallest absolute Gasteiger partial charge is 0.246 e. The SMILES string of the molecule is CCOc1ccc(NC(=O)C(C)CNC)cc1S(=O)(=O)N(C)C.Cl. The normalized spacial score (nSPS) is 12.4. The molecule has 0 saturated carbocycles. The number of ether oxygens (including phenoxy) is 1. The first kappa shape index (κ1) is 22.6. The van der Waals surface area contributed by atoms with E-state index in [1.807, 2.05) is 0 Å². The molecular formula is C15H26ClN3O4S. The highest BCUT2D eigenvalue weighted by atomic mass is 35.5. The molecule has 0 fully saturated rings. The standard InChI is InChI=1S/C15H25N3O4S.ClH/c1-6-22-13-8-7-12(17-15(19)11(2)10-16-3)9-14(13)23(20,21)18(4)5;/h7-9,11,16H,6,10H2,1-5H3,(H,17,19);1H. The molecule has 0 aliphatic heterocycles. The van der Waals surface area contributed by atoms with Crippen LogP contribution in [0.4, 0.5) is 5.69 Å². The molecule has 1 unspecified atom stereocenters. The first-order valence-corrected chi connectivity index (χ1v) is 8.82. The van der Waals surface area contributed by atoms with Crippen LogP contribution in [0.1, 0.15) is 13.8 Å². The van der Waals surface area contributed by atoms with Crippen molar-refractivity contribution < 1.29 is 17.9 Å². The van der Waals surface area contributed by atoms with Crippen molar-refractivity contribution in [1.82, 2.24) is 9.62 Å². The Morgan fingerprint density at radius 2 is 1.96 bits per heavy atom. The molecule has 0 heterocycles. The van der Waals surface area contributed by atoms with Crippen molar-refractivity contribution in [2.75, 3.05) is 39.6 Å². The number of nitrogens with one attached hydrogen (secondary N) is 2. The van der Waals surface area contributed by atoms with E-state index < -0.39 is 10.0 Å². The van der Waals surface area contributed by atoms with Gasteiger partial charge in [0.1, 0.15) is 10.6 Å². The minimum Gasteiger partial charge on any atom is -0.492 e. The number of amides is 1. The average molecular weight is 380 g/mol. The number of benzene rings is 1. The highest BCUT2D eigenvalue weighted by Crippen LogP contribution is 2.29. The Morgan fingerprint density at radius 1 is 1.33 bits per heavy atom. The van der Waals surface area contributed by atoms with Gasteiger partial charge in [0.15, 0.2) is 0 Å². The van der Waals surface area contributed by atoms with E-state index in [-0.39, 0.29) is 34.9 Å². The topological polar surface area (TPSA) is 87.7 Å². The van der Waals surface area contributed by atoms with Crippen LogP contribution in [-0.2, 0) is 14.8 Å². The molecule has 1 atom stereocenters. The Balaban J connectivity index is 0.00000529. The van der Waals surface area contributed by atoms with Gasteiger partial charge in [0, 0.05) is 32.2 Å². The lowest BCUT2D eigenvalue weighted by atomic mass is 10.1. The molecule has 1 rings (SSSR count). The summed E-state index contributed by atoms with van der Waals surface area (Å²) in [5.74, 6) is -0.153. The lowest BCUT2D eigenvalue weighted by molar-refractivity contribution is -0.119. The van der Waals surface area contributed by atoms with Crippen molar-refractivity contribution >= 4 is 34.0 Å². The summed E-state index contributed by atoms with van der Waals surface area (Å²) in [6.07, 6.45) is 0. The molecule has 0 saturated heterocycles. The maximum atomic E-state index is 12.4. The minimum absolute atomic E-state index is 0. The van der Waals surface area contributed by atoms with Gasteiger partial charge in [-0.15, -0.1) is 12.4 Å². The molecule has 24 heavy (non-hydrogen) atoms. The average Bonchev–Trinajstić information content (AvgIpc) is 2.48. The predicted molar refractivity (Wildman–Crippen MR) is 97.5 cm³/mol. The summed E-state index contributed by atoms with van der Waals surface area (Å²) in [5, 5.41) is 5.66. The zero-order valence-corrected chi connectivity index (χ0v) is 16.3. The predicted octanol–water partition coefficient (Wildman–Crippen LogP) is 1.55. The fourth-order valence-electron chi connectivity index (χ4n) is 1.92. The van der Waals surface area contributed by atoms with Gasteiger partial charge < -0.3 is 15.4 Å². The molecule has 0 aliphatic carbocycles. The third-order valence-electron chi connectivity index (χ3n) is 3.23. The number of carbonyl (C=O) groups is 1. The van der Waals surface area contributed by atoms with Crippen molar-refractivity contribution in [2.45, 2.75) is 18.7 Å². The summed E-state index contributed by atoms with van der Waals surface area (Å²) in [6, 6.07) is 4.60. The number of anilines is 1. The van der Waals surface area contributed by atoms with E-state index in [2.05, 4.69) is 10.6 Å². The lowest BCUT2D eigenvalue weighted by Gasteiger charge is -2.17. The fraction of sp³-hybridized carbons (Fsp3) is 0.533. The number of hydrogen-bond acceptors (Lipinski definition) is 5. The molecule has 0 radical (unpaired) electrons. The molecule has 1 aromatic rings. The molecule has 2 N–H and O–H groups in total. The quantitative estimate of drug-likeness (QED) is 0.715. The van der Waals surface area contributed by atoms with Crippen LogP contribution in [-0.4, -0.2) is 52.9 Å². The Hall–Kier alpha value is -1.35. The molecule has 0 aromatic heterocycles. The summed E-state index contributed by atoms with van der Waals surface area (Å²) in [7, 11) is 0.992. The fourth-order valence-corrected chi connectivity index (χ4v) is 2.97. The van der Waals surface area contributed by atoms with Gasteiger partial charge in [-0.25, -0.2) is 12.7 Å². The molecule has 9 heteroatoms. The molecule has 138 valence electrons. The number of sulfonamides is 1. The Bertz CT molecular complexity index is 650. The largest absolute Gasteiger partial charge is 0.492 e. The van der Waals surface area contributed by atoms with Crippen molar-refractivity contribution in [2.24, 2.45) is 5.92 Å². The molecule has 1 amide bonds. The first-order chi connectivity index (χ1) is 10.7. The maximum Gasteiger partial charge on any atom is 0.246 e. The van der Waals surface area contributed by atoms with Crippen LogP contribution in [0.2, 0.25) is 0 Å². The van der Waals surface area contributed by atoms with Crippen LogP contribution in [0.15, 0.2) is 23.1 Å². The molecule has 0 spiro atoms. The van der Waals surface area contributed by atoms with Crippen molar-refractivity contribution in [3.8, 4) is 5.75 Å². The van der Waals surface area contributed by atoms with Crippen LogP contribution in [0.3, 0.4) is 0 Å². The van der Waals surface area contributed by atoms with Gasteiger partial charge in [0.2, 0.25) is 15.9 Å². The van der Waals surface area contributed by atoms with Crippen molar-refractivity contribution in [3.63, 3.8) is 0 Å². The molecule has 7 nitrogen and oxygen atoms in total. The lowest BCUT2D eigenvalue weighted by Crippen LogP contribution is -2.29. The van der Waals surface area contributed by atoms with Gasteiger partial charge >= 0.3 is 0 Å². The zero-order chi connectivity index (χ0) is 17.6. The highest BCUT2D eigenvalue weighted by Gasteiger charge is 2.23. The third-order valence-corrected chi connectivity index (χ3v) is 5.06. The summed E-state index contributed by atoms with van der Waals surface area (Å²) in [6.45, 7) is 4.45. The molecule has 1 aromatic carbocycles. The zero-order valence-electron chi connectivity index (χ0n) is 14.6. The molecule has 0 bridgehead atoms. The summed E-state index contributed by atoms with van der Waals surface area (Å²) >= 11 is 0. The Kier molecular flexibility index (Phi) is 9.27. The van der Waals surface area contributed by atoms with Gasteiger partial charge in [0.25, 0.3) is 0 Å². The second-order valence-corrected chi connectivity index (χ2v) is 7.45. The number of carbonyl (C=O) groups excluding carboxylic acids is 1. The number of nitrogens with zero attached hydrogens (tertiary/aromatic N) is 1. The minimum atomic E-state index is -3.67. The number of halogens is 1. The molecule has 0 aliphatic rings. The highest BCUT2D eigenvalue weighted by molar-refractivity contribution is 7.89. The Morgan fingerprint density at radius 3 is 2.46 bits per heavy atom. The van der Waals surface area contributed by atoms with Crippen LogP contribution in [0.5, 0.6) is 5.75 Å². The number of hydrogen-bond donors (Lipinski definition) is 2. The summed E-state index contributed by atoms with van der Waals surface area (Å²) < 4.78 is 31.4. The van der Waals surface area contributed by atoms with E-state index in [9.17, 15) is 13.2 Å². The van der Waals surface area contributed by atoms with Gasteiger partial charge in [-0.05, 0) is 32.2 Å². The van der Waals surface area contributed by atoms with Crippen LogP contribution >= 0.6 is 12.4 Å². The van der Waals surface area contributed by atoms with Crippen molar-refractivity contribution in [3.05, 3.63) is 18.2 Å². The summed E-state index contributed by atoms with van der Waals surface area (Å²) in [4.78, 5) is 12.1. The van der Waals surface area contributed by atoms with Gasteiger partial charge in [-0.1, -0.05) is 6.92 Å². The second kappa shape index (κ2) is 9.83. The number of rotatable bonds is 8. The molecular weight excluding hydrogens is 354 g/mol. The van der Waals surface area contributed by atoms with Gasteiger partial charge in [0.05, 0.1) is 6.61 Å². The van der Waals surface area contributed by atoms with E-state index in [0.29, 0.717) is 18.8 Å².